The molecule has 0 radical (unpaired) electrons. The van der Waals surface area contributed by atoms with Crippen LogP contribution in [-0.4, -0.2) is 34.8 Å². The number of hydrogen-bond acceptors (Lipinski definition) is 5. The first-order valence-corrected chi connectivity index (χ1v) is 8.42. The number of thiophene rings is 1. The van der Waals surface area contributed by atoms with Crippen LogP contribution in [0.5, 0.6) is 0 Å². The number of nitrogens with two attached hydrogens (primary N) is 1. The molecule has 2 aromatic rings. The smallest absolute Gasteiger partial charge is 0.245 e. The average molecular weight is 356 g/mol. The van der Waals surface area contributed by atoms with Crippen LogP contribution in [0.25, 0.3) is 10.7 Å². The zero-order valence-electron chi connectivity index (χ0n) is 11.4. The van der Waals surface area contributed by atoms with Crippen molar-refractivity contribution in [3.8, 4) is 10.7 Å². The van der Waals surface area contributed by atoms with Crippen LogP contribution in [0.15, 0.2) is 9.85 Å². The molecule has 1 unspecified atom stereocenters. The third kappa shape index (κ3) is 2.75. The second-order valence-electron chi connectivity index (χ2n) is 5.24. The van der Waals surface area contributed by atoms with E-state index in [1.54, 1.807) is 11.3 Å². The molecule has 7 heteroatoms. The van der Waals surface area contributed by atoms with E-state index in [4.69, 9.17) is 5.73 Å². The van der Waals surface area contributed by atoms with Crippen LogP contribution in [-0.2, 0) is 0 Å². The van der Waals surface area contributed by atoms with Crippen molar-refractivity contribution in [1.29, 1.82) is 0 Å². The van der Waals surface area contributed by atoms with E-state index in [2.05, 4.69) is 49.0 Å². The zero-order valence-corrected chi connectivity index (χ0v) is 13.8. The first kappa shape index (κ1) is 14.0. The lowest BCUT2D eigenvalue weighted by atomic mass is 9.99. The van der Waals surface area contributed by atoms with E-state index in [0.29, 0.717) is 5.92 Å². The van der Waals surface area contributed by atoms with Crippen LogP contribution in [0.4, 0.5) is 5.95 Å². The summed E-state index contributed by atoms with van der Waals surface area (Å²) in [4.78, 5) is 7.98. The van der Waals surface area contributed by atoms with Crippen molar-refractivity contribution in [3.05, 3.63) is 15.4 Å². The molecule has 1 aliphatic rings. The summed E-state index contributed by atoms with van der Waals surface area (Å²) < 4.78 is 1.15. The molecule has 0 aromatic carbocycles. The van der Waals surface area contributed by atoms with Gasteiger partial charge >= 0.3 is 0 Å². The summed E-state index contributed by atoms with van der Waals surface area (Å²) in [5, 5.41) is 7.41. The zero-order chi connectivity index (χ0) is 14.1. The molecule has 1 saturated heterocycles. The summed E-state index contributed by atoms with van der Waals surface area (Å²) in [6.45, 7) is 4.80. The van der Waals surface area contributed by atoms with E-state index in [9.17, 15) is 0 Å². The predicted molar refractivity (Wildman–Crippen MR) is 86.1 cm³/mol. The first-order valence-electron chi connectivity index (χ1n) is 6.81. The van der Waals surface area contributed by atoms with Crippen molar-refractivity contribution in [3.63, 3.8) is 0 Å². The lowest BCUT2D eigenvalue weighted by molar-refractivity contribution is 0.420. The molecule has 3 heterocycles. The van der Waals surface area contributed by atoms with E-state index in [1.165, 1.54) is 12.0 Å². The molecule has 2 aromatic heterocycles. The topological polar surface area (TPSA) is 70.8 Å². The number of aryl methyl sites for hydroxylation is 1. The molecule has 0 amide bonds. The summed E-state index contributed by atoms with van der Waals surface area (Å²) in [7, 11) is 0. The van der Waals surface area contributed by atoms with Gasteiger partial charge in [0.15, 0.2) is 5.82 Å². The van der Waals surface area contributed by atoms with Gasteiger partial charge < -0.3 is 10.6 Å². The molecule has 20 heavy (non-hydrogen) atoms. The number of halogens is 1. The van der Waals surface area contributed by atoms with E-state index >= 15 is 0 Å². The third-order valence-electron chi connectivity index (χ3n) is 3.70. The van der Waals surface area contributed by atoms with Crippen LogP contribution < -0.4 is 10.6 Å². The van der Waals surface area contributed by atoms with E-state index < -0.39 is 0 Å². The number of hydrogen-bond donors (Lipinski definition) is 2. The normalized spacial score (nSPS) is 19.6. The second kappa shape index (κ2) is 5.83. The Bertz CT molecular complexity index is 574. The number of aromatic nitrogens is 3. The van der Waals surface area contributed by atoms with Gasteiger partial charge in [0.2, 0.25) is 5.95 Å². The molecule has 0 aliphatic carbocycles. The Kier molecular flexibility index (Phi) is 4.09. The predicted octanol–water partition coefficient (Wildman–Crippen LogP) is 2.78. The Balaban J connectivity index is 1.79. The van der Waals surface area contributed by atoms with Gasteiger partial charge in [0, 0.05) is 13.1 Å². The molecule has 0 bridgehead atoms. The van der Waals surface area contributed by atoms with Gasteiger partial charge in [-0.2, -0.15) is 4.98 Å². The van der Waals surface area contributed by atoms with E-state index in [1.807, 2.05) is 0 Å². The highest BCUT2D eigenvalue weighted by atomic mass is 79.9. The number of aromatic amines is 1. The monoisotopic (exact) mass is 355 g/mol. The van der Waals surface area contributed by atoms with Crippen LogP contribution >= 0.6 is 27.3 Å². The van der Waals surface area contributed by atoms with Crippen LogP contribution in [0.2, 0.25) is 0 Å². The van der Waals surface area contributed by atoms with E-state index in [-0.39, 0.29) is 0 Å². The lowest BCUT2D eigenvalue weighted by Crippen LogP contribution is -2.38. The van der Waals surface area contributed by atoms with Gasteiger partial charge in [-0.1, -0.05) is 0 Å². The Morgan fingerprint density at radius 2 is 2.45 bits per heavy atom. The Labute approximate surface area is 130 Å². The second-order valence-corrected chi connectivity index (χ2v) is 7.61. The number of nitrogens with one attached hydrogen (secondary N) is 1. The first-order chi connectivity index (χ1) is 9.67. The number of nitrogens with zero attached hydrogens (tertiary/aromatic N) is 3. The molecular formula is C13H18BrN5S. The van der Waals surface area contributed by atoms with Crippen molar-refractivity contribution in [2.75, 3.05) is 24.5 Å². The standard InChI is InChI=1S/C13H18BrN5S/c1-8-5-10(20-11(8)14)12-16-13(18-17-12)19-4-2-3-9(6-15)7-19/h5,9H,2-4,6-7,15H2,1H3,(H,16,17,18). The largest absolute Gasteiger partial charge is 0.339 e. The van der Waals surface area contributed by atoms with Crippen molar-refractivity contribution in [2.45, 2.75) is 19.8 Å². The van der Waals surface area contributed by atoms with Gasteiger partial charge in [-0.25, -0.2) is 0 Å². The lowest BCUT2D eigenvalue weighted by Gasteiger charge is -2.31. The van der Waals surface area contributed by atoms with Crippen molar-refractivity contribution in [2.24, 2.45) is 11.7 Å². The van der Waals surface area contributed by atoms with Gasteiger partial charge in [-0.05, 0) is 59.8 Å². The molecule has 1 fully saturated rings. The fraction of sp³-hybridized carbons (Fsp3) is 0.538. The van der Waals surface area contributed by atoms with E-state index in [0.717, 1.165) is 46.5 Å². The van der Waals surface area contributed by atoms with Crippen LogP contribution in [0.1, 0.15) is 18.4 Å². The van der Waals surface area contributed by atoms with Gasteiger partial charge in [-0.3, -0.25) is 5.10 Å². The highest BCUT2D eigenvalue weighted by molar-refractivity contribution is 9.11. The van der Waals surface area contributed by atoms with Crippen molar-refractivity contribution >= 4 is 33.2 Å². The number of rotatable bonds is 3. The highest BCUT2D eigenvalue weighted by Crippen LogP contribution is 2.33. The summed E-state index contributed by atoms with van der Waals surface area (Å²) in [6, 6.07) is 2.12. The number of H-pyrrole nitrogens is 1. The van der Waals surface area contributed by atoms with Crippen LogP contribution in [0.3, 0.4) is 0 Å². The molecular weight excluding hydrogens is 338 g/mol. The fourth-order valence-corrected chi connectivity index (χ4v) is 3.99. The molecule has 3 rings (SSSR count). The molecule has 0 saturated carbocycles. The SMILES string of the molecule is Cc1cc(-c2nc(N3CCCC(CN)C3)n[nH]2)sc1Br. The molecule has 5 nitrogen and oxygen atoms in total. The maximum atomic E-state index is 5.78. The summed E-state index contributed by atoms with van der Waals surface area (Å²) in [5.74, 6) is 2.19. The number of piperidine rings is 1. The minimum Gasteiger partial charge on any atom is -0.339 e. The Hall–Kier alpha value is -0.920. The summed E-state index contributed by atoms with van der Waals surface area (Å²) in [5.41, 5.74) is 7.01. The number of anilines is 1. The third-order valence-corrected chi connectivity index (χ3v) is 5.84. The molecule has 1 atom stereocenters. The van der Waals surface area contributed by atoms with Gasteiger partial charge in [0.25, 0.3) is 0 Å². The fourth-order valence-electron chi connectivity index (χ4n) is 2.52. The minimum atomic E-state index is 0.559. The van der Waals surface area contributed by atoms with Gasteiger partial charge in [-0.15, -0.1) is 16.4 Å². The average Bonchev–Trinajstić information content (AvgIpc) is 3.07. The maximum absolute atomic E-state index is 5.78. The molecule has 3 N–H and O–H groups in total. The van der Waals surface area contributed by atoms with Gasteiger partial charge in [0.05, 0.1) is 8.66 Å². The molecule has 1 aliphatic heterocycles. The summed E-state index contributed by atoms with van der Waals surface area (Å²) >= 11 is 5.22. The van der Waals surface area contributed by atoms with Crippen LogP contribution in [0, 0.1) is 12.8 Å². The quantitative estimate of drug-likeness (QED) is 0.887. The van der Waals surface area contributed by atoms with Gasteiger partial charge in [0.1, 0.15) is 0 Å². The summed E-state index contributed by atoms with van der Waals surface area (Å²) in [6.07, 6.45) is 2.37. The molecule has 108 valence electrons. The highest BCUT2D eigenvalue weighted by Gasteiger charge is 2.22. The maximum Gasteiger partial charge on any atom is 0.245 e. The van der Waals surface area contributed by atoms with Crippen molar-refractivity contribution < 1.29 is 0 Å². The Morgan fingerprint density at radius 3 is 3.15 bits per heavy atom. The minimum absolute atomic E-state index is 0.559. The Morgan fingerprint density at radius 1 is 1.60 bits per heavy atom. The molecule has 0 spiro atoms. The van der Waals surface area contributed by atoms with Crippen molar-refractivity contribution in [1.82, 2.24) is 15.2 Å².